The van der Waals surface area contributed by atoms with E-state index in [9.17, 15) is 4.79 Å². The van der Waals surface area contributed by atoms with Crippen molar-refractivity contribution >= 4 is 6.03 Å². The molecular formula is C15H29N3O. The second kappa shape index (κ2) is 7.13. The van der Waals surface area contributed by atoms with Crippen LogP contribution in [0.15, 0.2) is 0 Å². The molecule has 0 spiro atoms. The third-order valence-corrected chi connectivity index (χ3v) is 4.91. The Hall–Kier alpha value is -0.770. The van der Waals surface area contributed by atoms with Gasteiger partial charge in [0.25, 0.3) is 0 Å². The second-order valence-corrected chi connectivity index (χ2v) is 6.43. The van der Waals surface area contributed by atoms with Gasteiger partial charge in [-0.05, 0) is 32.2 Å². The summed E-state index contributed by atoms with van der Waals surface area (Å²) in [5.41, 5.74) is 6.09. The fourth-order valence-electron chi connectivity index (χ4n) is 3.51. The Labute approximate surface area is 116 Å². The minimum absolute atomic E-state index is 0.00491. The summed E-state index contributed by atoms with van der Waals surface area (Å²) in [7, 11) is 0. The van der Waals surface area contributed by atoms with Crippen molar-refractivity contribution in [1.82, 2.24) is 10.6 Å². The number of carbonyl (C=O) groups is 1. The van der Waals surface area contributed by atoms with E-state index in [1.54, 1.807) is 0 Å². The Balaban J connectivity index is 1.72. The molecule has 0 radical (unpaired) electrons. The zero-order chi connectivity index (χ0) is 13.6. The molecule has 0 unspecified atom stereocenters. The van der Waals surface area contributed by atoms with Crippen molar-refractivity contribution in [3.8, 4) is 0 Å². The van der Waals surface area contributed by atoms with E-state index in [-0.39, 0.29) is 11.4 Å². The van der Waals surface area contributed by atoms with E-state index in [0.29, 0.717) is 12.6 Å². The molecule has 2 aliphatic rings. The third-order valence-electron chi connectivity index (χ3n) is 4.91. The predicted octanol–water partition coefficient (Wildman–Crippen LogP) is 2.53. The van der Waals surface area contributed by atoms with Crippen molar-refractivity contribution in [3.05, 3.63) is 0 Å². The summed E-state index contributed by atoms with van der Waals surface area (Å²) in [6.07, 6.45) is 12.2. The van der Waals surface area contributed by atoms with Crippen LogP contribution in [0.3, 0.4) is 0 Å². The standard InChI is InChI=1S/C15H29N3O/c16-11-15(9-5-2-6-10-15)12-17-14(19)18-13-7-3-1-4-8-13/h13H,1-12,16H2,(H2,17,18,19). The second-order valence-electron chi connectivity index (χ2n) is 6.43. The van der Waals surface area contributed by atoms with Gasteiger partial charge in [-0.15, -0.1) is 0 Å². The first-order valence-electron chi connectivity index (χ1n) is 7.99. The van der Waals surface area contributed by atoms with Gasteiger partial charge < -0.3 is 16.4 Å². The van der Waals surface area contributed by atoms with Crippen molar-refractivity contribution < 1.29 is 4.79 Å². The summed E-state index contributed by atoms with van der Waals surface area (Å²) in [6.45, 7) is 1.43. The quantitative estimate of drug-likeness (QED) is 0.732. The van der Waals surface area contributed by atoms with Gasteiger partial charge in [0.15, 0.2) is 0 Å². The van der Waals surface area contributed by atoms with E-state index in [1.807, 2.05) is 0 Å². The summed E-state index contributed by atoms with van der Waals surface area (Å²) < 4.78 is 0. The zero-order valence-corrected chi connectivity index (χ0v) is 12.0. The van der Waals surface area contributed by atoms with Gasteiger partial charge in [-0.25, -0.2) is 4.79 Å². The smallest absolute Gasteiger partial charge is 0.315 e. The molecule has 0 heterocycles. The lowest BCUT2D eigenvalue weighted by atomic mass is 9.74. The maximum absolute atomic E-state index is 11.9. The topological polar surface area (TPSA) is 67.1 Å². The number of rotatable bonds is 4. The van der Waals surface area contributed by atoms with E-state index in [1.165, 1.54) is 38.5 Å². The molecule has 2 amide bonds. The molecule has 4 N–H and O–H groups in total. The van der Waals surface area contributed by atoms with E-state index in [4.69, 9.17) is 5.73 Å². The monoisotopic (exact) mass is 267 g/mol. The Morgan fingerprint density at radius 3 is 2.32 bits per heavy atom. The number of nitrogens with one attached hydrogen (secondary N) is 2. The number of nitrogens with two attached hydrogens (primary N) is 1. The molecule has 0 atom stereocenters. The Morgan fingerprint density at radius 1 is 1.05 bits per heavy atom. The molecule has 2 rings (SSSR count). The summed E-state index contributed by atoms with van der Waals surface area (Å²) >= 11 is 0. The van der Waals surface area contributed by atoms with Crippen LogP contribution in [0.4, 0.5) is 4.79 Å². The number of hydrogen-bond acceptors (Lipinski definition) is 2. The summed E-state index contributed by atoms with van der Waals surface area (Å²) in [5, 5.41) is 6.17. The highest BCUT2D eigenvalue weighted by molar-refractivity contribution is 5.74. The van der Waals surface area contributed by atoms with E-state index in [0.717, 1.165) is 32.2 Å². The molecule has 0 saturated heterocycles. The maximum atomic E-state index is 11.9. The first-order valence-corrected chi connectivity index (χ1v) is 7.99. The summed E-state index contributed by atoms with van der Waals surface area (Å²) in [4.78, 5) is 11.9. The zero-order valence-electron chi connectivity index (χ0n) is 12.0. The van der Waals surface area contributed by atoms with Crippen LogP contribution in [-0.2, 0) is 0 Å². The van der Waals surface area contributed by atoms with Crippen molar-refractivity contribution in [2.75, 3.05) is 13.1 Å². The summed E-state index contributed by atoms with van der Waals surface area (Å²) in [5.74, 6) is 0. The number of urea groups is 1. The fourth-order valence-corrected chi connectivity index (χ4v) is 3.51. The van der Waals surface area contributed by atoms with Gasteiger partial charge in [0.2, 0.25) is 0 Å². The van der Waals surface area contributed by atoms with E-state index in [2.05, 4.69) is 10.6 Å². The molecular weight excluding hydrogens is 238 g/mol. The number of hydrogen-bond donors (Lipinski definition) is 3. The molecule has 0 aromatic heterocycles. The normalized spacial score (nSPS) is 23.8. The van der Waals surface area contributed by atoms with E-state index < -0.39 is 0 Å². The summed E-state index contributed by atoms with van der Waals surface area (Å²) in [6, 6.07) is 0.388. The Bertz CT molecular complexity index is 281. The lowest BCUT2D eigenvalue weighted by Crippen LogP contribution is -2.49. The molecule has 2 aliphatic carbocycles. The van der Waals surface area contributed by atoms with Crippen molar-refractivity contribution in [1.29, 1.82) is 0 Å². The van der Waals surface area contributed by atoms with Gasteiger partial charge in [0.1, 0.15) is 0 Å². The minimum Gasteiger partial charge on any atom is -0.338 e. The van der Waals surface area contributed by atoms with Gasteiger partial charge in [-0.3, -0.25) is 0 Å². The first-order chi connectivity index (χ1) is 9.24. The van der Waals surface area contributed by atoms with Crippen molar-refractivity contribution in [2.24, 2.45) is 11.1 Å². The van der Waals surface area contributed by atoms with Gasteiger partial charge in [-0.1, -0.05) is 38.5 Å². The molecule has 4 nitrogen and oxygen atoms in total. The average molecular weight is 267 g/mol. The molecule has 0 bridgehead atoms. The maximum Gasteiger partial charge on any atom is 0.315 e. The molecule has 0 aromatic rings. The van der Waals surface area contributed by atoms with Crippen molar-refractivity contribution in [2.45, 2.75) is 70.3 Å². The van der Waals surface area contributed by atoms with Crippen LogP contribution in [0.2, 0.25) is 0 Å². The van der Waals surface area contributed by atoms with Gasteiger partial charge in [0, 0.05) is 18.0 Å². The SMILES string of the molecule is NCC1(CNC(=O)NC2CCCCC2)CCCCC1. The molecule has 0 aromatic carbocycles. The molecule has 4 heteroatoms. The highest BCUT2D eigenvalue weighted by Gasteiger charge is 2.31. The molecule has 19 heavy (non-hydrogen) atoms. The predicted molar refractivity (Wildman–Crippen MR) is 78.0 cm³/mol. The average Bonchev–Trinajstić information content (AvgIpc) is 2.47. The van der Waals surface area contributed by atoms with Crippen LogP contribution in [0.1, 0.15) is 64.2 Å². The Kier molecular flexibility index (Phi) is 5.49. The molecule has 110 valence electrons. The van der Waals surface area contributed by atoms with Crippen LogP contribution in [0, 0.1) is 5.41 Å². The first kappa shape index (κ1) is 14.6. The highest BCUT2D eigenvalue weighted by Crippen LogP contribution is 2.34. The van der Waals surface area contributed by atoms with Crippen LogP contribution in [-0.4, -0.2) is 25.2 Å². The Morgan fingerprint density at radius 2 is 1.68 bits per heavy atom. The van der Waals surface area contributed by atoms with Crippen LogP contribution < -0.4 is 16.4 Å². The third kappa shape index (κ3) is 4.37. The van der Waals surface area contributed by atoms with Crippen molar-refractivity contribution in [3.63, 3.8) is 0 Å². The van der Waals surface area contributed by atoms with Crippen LogP contribution in [0.25, 0.3) is 0 Å². The highest BCUT2D eigenvalue weighted by atomic mass is 16.2. The van der Waals surface area contributed by atoms with E-state index >= 15 is 0 Å². The minimum atomic E-state index is 0.00491. The lowest BCUT2D eigenvalue weighted by molar-refractivity contribution is 0.185. The fraction of sp³-hybridized carbons (Fsp3) is 0.933. The molecule has 2 saturated carbocycles. The molecule has 2 fully saturated rings. The van der Waals surface area contributed by atoms with Crippen LogP contribution >= 0.6 is 0 Å². The van der Waals surface area contributed by atoms with Gasteiger partial charge in [-0.2, -0.15) is 0 Å². The van der Waals surface area contributed by atoms with Crippen LogP contribution in [0.5, 0.6) is 0 Å². The molecule has 0 aliphatic heterocycles. The van der Waals surface area contributed by atoms with Gasteiger partial charge in [0.05, 0.1) is 0 Å². The number of amides is 2. The lowest BCUT2D eigenvalue weighted by Gasteiger charge is -2.36. The van der Waals surface area contributed by atoms with Gasteiger partial charge >= 0.3 is 6.03 Å². The number of carbonyl (C=O) groups excluding carboxylic acids is 1. The largest absolute Gasteiger partial charge is 0.338 e.